The molecule has 1 N–H and O–H groups in total. The Hall–Kier alpha value is -1.59. The van der Waals surface area contributed by atoms with E-state index in [0.717, 1.165) is 57.0 Å². The van der Waals surface area contributed by atoms with Crippen molar-refractivity contribution >= 4 is 6.03 Å². The van der Waals surface area contributed by atoms with Crippen molar-refractivity contribution in [3.05, 3.63) is 11.6 Å². The summed E-state index contributed by atoms with van der Waals surface area (Å²) in [6.45, 7) is 6.98. The largest absolute Gasteiger partial charge is 0.328 e. The van der Waals surface area contributed by atoms with Gasteiger partial charge in [0.2, 0.25) is 0 Å². The van der Waals surface area contributed by atoms with Crippen LogP contribution in [0.15, 0.2) is 0 Å². The van der Waals surface area contributed by atoms with Crippen molar-refractivity contribution in [2.24, 2.45) is 5.92 Å². The lowest BCUT2D eigenvalue weighted by Crippen LogP contribution is -2.44. The second-order valence-corrected chi connectivity index (χ2v) is 7.16. The first-order valence-corrected chi connectivity index (χ1v) is 9.14. The maximum atomic E-state index is 12.7. The van der Waals surface area contributed by atoms with Crippen LogP contribution in [0.25, 0.3) is 0 Å². The van der Waals surface area contributed by atoms with Crippen LogP contribution >= 0.6 is 0 Å². The van der Waals surface area contributed by atoms with Crippen LogP contribution in [0.3, 0.4) is 0 Å². The van der Waals surface area contributed by atoms with Gasteiger partial charge < -0.3 is 14.8 Å². The number of hydrogen-bond donors (Lipinski definition) is 1. The number of rotatable bonds is 3. The second-order valence-electron chi connectivity index (χ2n) is 7.16. The van der Waals surface area contributed by atoms with Gasteiger partial charge in [-0.1, -0.05) is 33.1 Å². The van der Waals surface area contributed by atoms with Gasteiger partial charge in [-0.15, -0.1) is 10.2 Å². The van der Waals surface area contributed by atoms with Gasteiger partial charge in [0.05, 0.1) is 6.04 Å². The van der Waals surface area contributed by atoms with Crippen molar-refractivity contribution in [3.8, 4) is 0 Å². The molecule has 1 saturated heterocycles. The van der Waals surface area contributed by atoms with Gasteiger partial charge in [-0.25, -0.2) is 4.79 Å². The molecule has 3 rings (SSSR count). The third-order valence-corrected chi connectivity index (χ3v) is 5.01. The Labute approximate surface area is 138 Å². The van der Waals surface area contributed by atoms with E-state index in [1.54, 1.807) is 0 Å². The molecule has 0 bridgehead atoms. The molecular weight excluding hydrogens is 290 g/mol. The van der Waals surface area contributed by atoms with E-state index in [2.05, 4.69) is 33.9 Å². The molecule has 1 fully saturated rings. The molecule has 6 heteroatoms. The summed E-state index contributed by atoms with van der Waals surface area (Å²) in [5.41, 5.74) is 0. The summed E-state index contributed by atoms with van der Waals surface area (Å²) in [4.78, 5) is 14.7. The van der Waals surface area contributed by atoms with Crippen LogP contribution in [0.4, 0.5) is 4.79 Å². The summed E-state index contributed by atoms with van der Waals surface area (Å²) < 4.78 is 2.19. The van der Waals surface area contributed by atoms with E-state index in [1.165, 1.54) is 19.3 Å². The molecule has 3 heterocycles. The molecule has 0 spiro atoms. The second kappa shape index (κ2) is 7.32. The number of hydrogen-bond acceptors (Lipinski definition) is 3. The van der Waals surface area contributed by atoms with Gasteiger partial charge in [-0.2, -0.15) is 0 Å². The molecule has 0 saturated carbocycles. The highest BCUT2D eigenvalue weighted by molar-refractivity contribution is 5.74. The molecule has 2 aliphatic heterocycles. The Balaban J connectivity index is 1.70. The van der Waals surface area contributed by atoms with E-state index < -0.39 is 0 Å². The summed E-state index contributed by atoms with van der Waals surface area (Å²) in [7, 11) is 0. The van der Waals surface area contributed by atoms with Crippen molar-refractivity contribution in [1.82, 2.24) is 25.0 Å². The van der Waals surface area contributed by atoms with Crippen LogP contribution < -0.4 is 5.32 Å². The van der Waals surface area contributed by atoms with Crippen LogP contribution in [-0.4, -0.2) is 38.8 Å². The van der Waals surface area contributed by atoms with Gasteiger partial charge >= 0.3 is 6.03 Å². The zero-order chi connectivity index (χ0) is 16.2. The molecule has 0 aliphatic carbocycles. The number of carbonyl (C=O) groups is 1. The number of nitrogens with zero attached hydrogens (tertiary/aromatic N) is 4. The maximum absolute atomic E-state index is 12.7. The molecule has 2 amide bonds. The van der Waals surface area contributed by atoms with Crippen LogP contribution in [0, 0.1) is 5.92 Å². The Morgan fingerprint density at radius 1 is 1.00 bits per heavy atom. The Kier molecular flexibility index (Phi) is 5.18. The van der Waals surface area contributed by atoms with Gasteiger partial charge in [-0.3, -0.25) is 0 Å². The van der Waals surface area contributed by atoms with Gasteiger partial charge in [-0.05, 0) is 25.2 Å². The number of amides is 2. The third kappa shape index (κ3) is 3.67. The number of urea groups is 1. The lowest BCUT2D eigenvalue weighted by molar-refractivity contribution is 0.183. The topological polar surface area (TPSA) is 63.1 Å². The highest BCUT2D eigenvalue weighted by atomic mass is 16.2. The van der Waals surface area contributed by atoms with Crippen molar-refractivity contribution < 1.29 is 4.79 Å². The third-order valence-electron chi connectivity index (χ3n) is 5.01. The molecule has 0 radical (unpaired) electrons. The fraction of sp³-hybridized carbons (Fsp3) is 0.824. The number of aryl methyl sites for hydroxylation is 1. The molecule has 1 atom stereocenters. The minimum Gasteiger partial charge on any atom is -0.328 e. The monoisotopic (exact) mass is 319 g/mol. The smallest absolute Gasteiger partial charge is 0.317 e. The van der Waals surface area contributed by atoms with Crippen LogP contribution in [0.2, 0.25) is 0 Å². The van der Waals surface area contributed by atoms with Crippen LogP contribution in [0.5, 0.6) is 0 Å². The predicted octanol–water partition coefficient (Wildman–Crippen LogP) is 2.90. The average Bonchev–Trinajstić information content (AvgIpc) is 3.07. The minimum atomic E-state index is -0.0627. The average molecular weight is 319 g/mol. The van der Waals surface area contributed by atoms with Crippen molar-refractivity contribution in [2.75, 3.05) is 13.1 Å². The zero-order valence-corrected chi connectivity index (χ0v) is 14.4. The van der Waals surface area contributed by atoms with Gasteiger partial charge in [0, 0.05) is 26.1 Å². The maximum Gasteiger partial charge on any atom is 0.317 e. The van der Waals surface area contributed by atoms with Gasteiger partial charge in [0.1, 0.15) is 5.82 Å². The molecule has 1 aromatic heterocycles. The highest BCUT2D eigenvalue weighted by Crippen LogP contribution is 2.25. The summed E-state index contributed by atoms with van der Waals surface area (Å²) in [5, 5.41) is 11.9. The van der Waals surface area contributed by atoms with Gasteiger partial charge in [0.25, 0.3) is 0 Å². The first-order chi connectivity index (χ1) is 11.2. The molecular formula is C17H29N5O. The molecule has 0 aromatic carbocycles. The molecule has 128 valence electrons. The fourth-order valence-corrected chi connectivity index (χ4v) is 3.61. The highest BCUT2D eigenvalue weighted by Gasteiger charge is 2.29. The lowest BCUT2D eigenvalue weighted by Gasteiger charge is -2.29. The number of nitrogens with one attached hydrogen (secondary N) is 1. The van der Waals surface area contributed by atoms with Crippen molar-refractivity contribution in [3.63, 3.8) is 0 Å². The normalized spacial score (nSPS) is 20.0. The Morgan fingerprint density at radius 2 is 1.70 bits per heavy atom. The predicted molar refractivity (Wildman–Crippen MR) is 89.1 cm³/mol. The standard InChI is InChI=1S/C17H29N5O/c1-13(2)15(16-20-19-14-9-8-12-22(14)16)18-17(23)21-10-6-4-3-5-7-11-21/h13,15H,3-12H2,1-2H3,(H,18,23)/t15-/m0/s1. The number of carbonyl (C=O) groups excluding carboxylic acids is 1. The fourth-order valence-electron chi connectivity index (χ4n) is 3.61. The first-order valence-electron chi connectivity index (χ1n) is 9.14. The van der Waals surface area contributed by atoms with Gasteiger partial charge in [0.15, 0.2) is 5.82 Å². The molecule has 0 unspecified atom stereocenters. The number of likely N-dealkylation sites (tertiary alicyclic amines) is 1. The van der Waals surface area contributed by atoms with E-state index in [0.29, 0.717) is 5.92 Å². The molecule has 23 heavy (non-hydrogen) atoms. The Bertz CT molecular complexity index is 531. The van der Waals surface area contributed by atoms with E-state index in [4.69, 9.17) is 0 Å². The molecule has 1 aromatic rings. The Morgan fingerprint density at radius 3 is 2.39 bits per heavy atom. The zero-order valence-electron chi connectivity index (χ0n) is 14.4. The number of fused-ring (bicyclic) bond motifs is 1. The van der Waals surface area contributed by atoms with E-state index in [1.807, 2.05) is 4.90 Å². The van der Waals surface area contributed by atoms with E-state index >= 15 is 0 Å². The lowest BCUT2D eigenvalue weighted by atomic mass is 10.0. The minimum absolute atomic E-state index is 0.0564. The molecule has 2 aliphatic rings. The summed E-state index contributed by atoms with van der Waals surface area (Å²) in [5.74, 6) is 2.28. The quantitative estimate of drug-likeness (QED) is 0.932. The van der Waals surface area contributed by atoms with Crippen molar-refractivity contribution in [2.45, 2.75) is 71.4 Å². The first kappa shape index (κ1) is 16.3. The summed E-state index contributed by atoms with van der Waals surface area (Å²) >= 11 is 0. The SMILES string of the molecule is CC(C)[C@H](NC(=O)N1CCCCCCC1)c1nnc2n1CCC2. The number of aromatic nitrogens is 3. The van der Waals surface area contributed by atoms with Crippen molar-refractivity contribution in [1.29, 1.82) is 0 Å². The van der Waals surface area contributed by atoms with Crippen LogP contribution in [0.1, 0.15) is 70.1 Å². The molecule has 6 nitrogen and oxygen atoms in total. The van der Waals surface area contributed by atoms with Crippen LogP contribution in [-0.2, 0) is 13.0 Å². The van der Waals surface area contributed by atoms with E-state index in [9.17, 15) is 4.79 Å². The summed E-state index contributed by atoms with van der Waals surface area (Å²) in [6, 6.07) is -0.00626. The summed E-state index contributed by atoms with van der Waals surface area (Å²) in [6.07, 6.45) is 8.11. The van der Waals surface area contributed by atoms with E-state index in [-0.39, 0.29) is 12.1 Å².